The third kappa shape index (κ3) is 4.37. The van der Waals surface area contributed by atoms with Crippen molar-refractivity contribution < 1.29 is 9.53 Å². The fraction of sp³-hybridized carbons (Fsp3) is 0.0625. The maximum Gasteiger partial charge on any atom is 0.264 e. The summed E-state index contributed by atoms with van der Waals surface area (Å²) in [7, 11) is 0. The van der Waals surface area contributed by atoms with E-state index in [1.165, 1.54) is 11.3 Å². The molecule has 3 rings (SSSR count). The Morgan fingerprint density at radius 3 is 2.91 bits per heavy atom. The van der Waals surface area contributed by atoms with Gasteiger partial charge in [0.25, 0.3) is 5.91 Å². The van der Waals surface area contributed by atoms with Crippen LogP contribution in [0.25, 0.3) is 11.4 Å². The van der Waals surface area contributed by atoms with Crippen LogP contribution in [0.1, 0.15) is 0 Å². The van der Waals surface area contributed by atoms with E-state index in [4.69, 9.17) is 4.74 Å². The Balaban J connectivity index is 1.57. The predicted octanol–water partition coefficient (Wildman–Crippen LogP) is 3.99. The number of anilines is 1. The Morgan fingerprint density at radius 2 is 2.13 bits per heavy atom. The first-order valence-corrected chi connectivity index (χ1v) is 8.43. The highest BCUT2D eigenvalue weighted by Crippen LogP contribution is 2.23. The summed E-state index contributed by atoms with van der Waals surface area (Å²) in [5.41, 5.74) is 1.51. The molecular formula is C16H12BrN3O2S. The van der Waals surface area contributed by atoms with E-state index in [0.29, 0.717) is 10.9 Å². The molecule has 0 saturated carbocycles. The third-order valence-corrected chi connectivity index (χ3v) is 4.09. The van der Waals surface area contributed by atoms with Gasteiger partial charge in [0.1, 0.15) is 11.4 Å². The second kappa shape index (κ2) is 7.34. The first kappa shape index (κ1) is 15.6. The van der Waals surface area contributed by atoms with Crippen LogP contribution in [0.15, 0.2) is 58.5 Å². The summed E-state index contributed by atoms with van der Waals surface area (Å²) >= 11 is 4.70. The fourth-order valence-electron chi connectivity index (χ4n) is 1.82. The van der Waals surface area contributed by atoms with Gasteiger partial charge in [-0.2, -0.15) is 0 Å². The van der Waals surface area contributed by atoms with E-state index >= 15 is 0 Å². The molecule has 0 fully saturated rings. The van der Waals surface area contributed by atoms with Crippen molar-refractivity contribution in [2.75, 3.05) is 11.9 Å². The molecule has 0 spiro atoms. The molecule has 1 aromatic carbocycles. The van der Waals surface area contributed by atoms with Crippen molar-refractivity contribution in [1.29, 1.82) is 0 Å². The van der Waals surface area contributed by atoms with Gasteiger partial charge in [-0.1, -0.05) is 28.1 Å². The average molecular weight is 390 g/mol. The number of nitrogens with one attached hydrogen (secondary N) is 1. The lowest BCUT2D eigenvalue weighted by atomic mass is 10.3. The first-order valence-electron chi connectivity index (χ1n) is 6.76. The lowest BCUT2D eigenvalue weighted by molar-refractivity contribution is -0.118. The van der Waals surface area contributed by atoms with Gasteiger partial charge in [0, 0.05) is 16.0 Å². The zero-order valence-electron chi connectivity index (χ0n) is 11.9. The van der Waals surface area contributed by atoms with E-state index in [1.807, 2.05) is 35.7 Å². The number of carbonyl (C=O) groups is 1. The van der Waals surface area contributed by atoms with E-state index in [-0.39, 0.29) is 12.5 Å². The van der Waals surface area contributed by atoms with Crippen molar-refractivity contribution >= 4 is 38.3 Å². The van der Waals surface area contributed by atoms with Gasteiger partial charge in [0.2, 0.25) is 0 Å². The van der Waals surface area contributed by atoms with Crippen molar-refractivity contribution in [3.8, 4) is 17.1 Å². The van der Waals surface area contributed by atoms with E-state index in [0.717, 1.165) is 15.9 Å². The Kier molecular flexibility index (Phi) is 4.99. The second-order valence-corrected chi connectivity index (χ2v) is 6.32. The van der Waals surface area contributed by atoms with Crippen molar-refractivity contribution in [2.24, 2.45) is 0 Å². The number of rotatable bonds is 5. The van der Waals surface area contributed by atoms with Crippen LogP contribution < -0.4 is 10.1 Å². The molecule has 1 amide bonds. The first-order chi connectivity index (χ1) is 11.2. The quantitative estimate of drug-likeness (QED) is 0.716. The van der Waals surface area contributed by atoms with Crippen molar-refractivity contribution in [3.63, 3.8) is 0 Å². The topological polar surface area (TPSA) is 64.1 Å². The lowest BCUT2D eigenvalue weighted by Gasteiger charge is -2.05. The number of aromatic nitrogens is 2. The highest BCUT2D eigenvalue weighted by Gasteiger charge is 2.09. The minimum Gasteiger partial charge on any atom is -0.484 e. The van der Waals surface area contributed by atoms with Gasteiger partial charge in [0.15, 0.2) is 11.7 Å². The Labute approximate surface area is 145 Å². The summed E-state index contributed by atoms with van der Waals surface area (Å²) in [6, 6.07) is 12.9. The Morgan fingerprint density at radius 1 is 1.22 bits per heavy atom. The summed E-state index contributed by atoms with van der Waals surface area (Å²) in [5.74, 6) is 0.370. The summed E-state index contributed by atoms with van der Waals surface area (Å²) in [6.07, 6.45) is 1.71. The van der Waals surface area contributed by atoms with Gasteiger partial charge < -0.3 is 4.74 Å². The Hall–Kier alpha value is -2.25. The molecule has 0 radical (unpaired) electrons. The zero-order valence-corrected chi connectivity index (χ0v) is 14.3. The van der Waals surface area contributed by atoms with E-state index in [1.54, 1.807) is 18.3 Å². The zero-order chi connectivity index (χ0) is 16.1. The number of nitrogens with zero attached hydrogens (tertiary/aromatic N) is 2. The van der Waals surface area contributed by atoms with Gasteiger partial charge in [-0.3, -0.25) is 15.1 Å². The summed E-state index contributed by atoms with van der Waals surface area (Å²) < 4.78 is 6.33. The summed E-state index contributed by atoms with van der Waals surface area (Å²) in [5, 5.41) is 5.10. The third-order valence-electron chi connectivity index (χ3n) is 2.84. The fourth-order valence-corrected chi connectivity index (χ4v) is 2.92. The number of ether oxygens (including phenoxy) is 1. The lowest BCUT2D eigenvalue weighted by Crippen LogP contribution is -2.20. The van der Waals surface area contributed by atoms with Crippen LogP contribution in [0, 0.1) is 0 Å². The smallest absolute Gasteiger partial charge is 0.264 e. The largest absolute Gasteiger partial charge is 0.484 e. The number of benzene rings is 1. The number of thiazole rings is 1. The van der Waals surface area contributed by atoms with Crippen LogP contribution in [-0.2, 0) is 4.79 Å². The minimum atomic E-state index is -0.258. The maximum absolute atomic E-state index is 11.9. The van der Waals surface area contributed by atoms with Crippen molar-refractivity contribution in [1.82, 2.24) is 9.97 Å². The molecule has 0 bridgehead atoms. The van der Waals surface area contributed by atoms with Crippen LogP contribution in [0.5, 0.6) is 5.75 Å². The predicted molar refractivity (Wildman–Crippen MR) is 93.6 cm³/mol. The Bertz CT molecular complexity index is 808. The second-order valence-electron chi connectivity index (χ2n) is 4.55. The average Bonchev–Trinajstić information content (AvgIpc) is 3.02. The van der Waals surface area contributed by atoms with E-state index in [9.17, 15) is 4.79 Å². The van der Waals surface area contributed by atoms with E-state index < -0.39 is 0 Å². The van der Waals surface area contributed by atoms with Gasteiger partial charge >= 0.3 is 0 Å². The number of pyridine rings is 1. The molecule has 0 aliphatic heterocycles. The molecular weight excluding hydrogens is 378 g/mol. The van der Waals surface area contributed by atoms with Crippen LogP contribution >= 0.6 is 27.3 Å². The van der Waals surface area contributed by atoms with Gasteiger partial charge in [-0.25, -0.2) is 4.98 Å². The molecule has 0 saturated heterocycles. The normalized spacial score (nSPS) is 10.3. The molecule has 116 valence electrons. The highest BCUT2D eigenvalue weighted by atomic mass is 79.9. The van der Waals surface area contributed by atoms with Crippen molar-refractivity contribution in [2.45, 2.75) is 0 Å². The van der Waals surface area contributed by atoms with Crippen LogP contribution in [0.3, 0.4) is 0 Å². The molecule has 0 unspecified atom stereocenters. The molecule has 3 aromatic rings. The van der Waals surface area contributed by atoms with Gasteiger partial charge in [-0.15, -0.1) is 11.3 Å². The maximum atomic E-state index is 11.9. The molecule has 23 heavy (non-hydrogen) atoms. The number of hydrogen-bond acceptors (Lipinski definition) is 5. The van der Waals surface area contributed by atoms with Crippen molar-refractivity contribution in [3.05, 3.63) is 58.5 Å². The SMILES string of the molecule is O=C(COc1cccc(Br)c1)Nc1nc(-c2ccccn2)cs1. The van der Waals surface area contributed by atoms with E-state index in [2.05, 4.69) is 31.2 Å². The summed E-state index contributed by atoms with van der Waals surface area (Å²) in [6.45, 7) is -0.0745. The standard InChI is InChI=1S/C16H12BrN3O2S/c17-11-4-3-5-12(8-11)22-9-15(21)20-16-19-14(10-23-16)13-6-1-2-7-18-13/h1-8,10H,9H2,(H,19,20,21). The van der Waals surface area contributed by atoms with Crippen LogP contribution in [0.4, 0.5) is 5.13 Å². The molecule has 2 aromatic heterocycles. The summed E-state index contributed by atoms with van der Waals surface area (Å²) in [4.78, 5) is 20.5. The highest BCUT2D eigenvalue weighted by molar-refractivity contribution is 9.10. The molecule has 7 heteroatoms. The number of hydrogen-bond donors (Lipinski definition) is 1. The molecule has 0 atom stereocenters. The number of amides is 1. The van der Waals surface area contributed by atoms with Gasteiger partial charge in [0.05, 0.1) is 5.69 Å². The monoisotopic (exact) mass is 389 g/mol. The van der Waals surface area contributed by atoms with Gasteiger partial charge in [-0.05, 0) is 30.3 Å². The van der Waals surface area contributed by atoms with Crippen LogP contribution in [-0.4, -0.2) is 22.5 Å². The van der Waals surface area contributed by atoms with Crippen LogP contribution in [0.2, 0.25) is 0 Å². The number of halogens is 1. The molecule has 2 heterocycles. The molecule has 5 nitrogen and oxygen atoms in total. The molecule has 0 aliphatic carbocycles. The minimum absolute atomic E-state index is 0.0745. The molecule has 1 N–H and O–H groups in total. The number of carbonyl (C=O) groups excluding carboxylic acids is 1. The molecule has 0 aliphatic rings.